The minimum absolute atomic E-state index is 0.405. The predicted molar refractivity (Wildman–Crippen MR) is 44.7 cm³/mol. The Morgan fingerprint density at radius 2 is 2.14 bits per heavy atom. The SMILES string of the molecule is Cn1nnnc1S/C=C/C(F)C(F)F. The van der Waals surface area contributed by atoms with E-state index >= 15 is 0 Å². The van der Waals surface area contributed by atoms with E-state index in [1.165, 1.54) is 10.1 Å². The second kappa shape index (κ2) is 4.99. The van der Waals surface area contributed by atoms with Crippen molar-refractivity contribution < 1.29 is 13.2 Å². The molecule has 4 nitrogen and oxygen atoms in total. The minimum atomic E-state index is -3.00. The van der Waals surface area contributed by atoms with Crippen molar-refractivity contribution in [1.29, 1.82) is 0 Å². The molecule has 0 aromatic carbocycles. The maximum absolute atomic E-state index is 12.3. The molecule has 0 aliphatic carbocycles. The molecule has 0 fully saturated rings. The van der Waals surface area contributed by atoms with Gasteiger partial charge in [0.2, 0.25) is 5.16 Å². The molecular formula is C6H7F3N4S. The number of alkyl halides is 3. The molecule has 1 unspecified atom stereocenters. The van der Waals surface area contributed by atoms with Gasteiger partial charge in [0, 0.05) is 7.05 Å². The second-order valence-corrected chi connectivity index (χ2v) is 3.18. The van der Waals surface area contributed by atoms with Crippen LogP contribution in [0.2, 0.25) is 0 Å². The van der Waals surface area contributed by atoms with Crippen LogP contribution in [0.1, 0.15) is 0 Å². The average molecular weight is 224 g/mol. The summed E-state index contributed by atoms with van der Waals surface area (Å²) in [6.07, 6.45) is -4.47. The number of hydrogen-bond acceptors (Lipinski definition) is 4. The van der Waals surface area contributed by atoms with E-state index in [1.54, 1.807) is 7.05 Å². The Morgan fingerprint density at radius 1 is 1.43 bits per heavy atom. The number of allylic oxidation sites excluding steroid dienone is 1. The highest BCUT2D eigenvalue weighted by Crippen LogP contribution is 2.16. The van der Waals surface area contributed by atoms with Gasteiger partial charge >= 0.3 is 0 Å². The third-order valence-electron chi connectivity index (χ3n) is 1.26. The van der Waals surface area contributed by atoms with Gasteiger partial charge in [0.05, 0.1) is 0 Å². The van der Waals surface area contributed by atoms with Crippen molar-refractivity contribution in [3.8, 4) is 0 Å². The molecule has 1 aromatic rings. The highest BCUT2D eigenvalue weighted by molar-refractivity contribution is 8.02. The van der Waals surface area contributed by atoms with Gasteiger partial charge in [-0.15, -0.1) is 5.10 Å². The number of nitrogens with zero attached hydrogens (tertiary/aromatic N) is 4. The normalized spacial score (nSPS) is 14.1. The molecule has 1 heterocycles. The number of aromatic nitrogens is 4. The van der Waals surface area contributed by atoms with Crippen molar-refractivity contribution in [3.05, 3.63) is 11.5 Å². The fourth-order valence-corrected chi connectivity index (χ4v) is 1.20. The second-order valence-electron chi connectivity index (χ2n) is 2.31. The molecule has 0 aliphatic rings. The van der Waals surface area contributed by atoms with Crippen LogP contribution in [0.25, 0.3) is 0 Å². The molecule has 0 bridgehead atoms. The zero-order chi connectivity index (χ0) is 10.6. The monoisotopic (exact) mass is 224 g/mol. The first-order valence-corrected chi connectivity index (χ1v) is 4.47. The number of aryl methyl sites for hydroxylation is 1. The summed E-state index contributed by atoms with van der Waals surface area (Å²) in [4.78, 5) is 0. The van der Waals surface area contributed by atoms with Gasteiger partial charge in [-0.3, -0.25) is 0 Å². The van der Waals surface area contributed by atoms with Crippen LogP contribution in [0.4, 0.5) is 13.2 Å². The Balaban J connectivity index is 2.45. The number of rotatable bonds is 4. The molecular weight excluding hydrogens is 217 g/mol. The van der Waals surface area contributed by atoms with Gasteiger partial charge < -0.3 is 0 Å². The molecule has 1 rings (SSSR count). The first-order chi connectivity index (χ1) is 6.61. The van der Waals surface area contributed by atoms with Crippen LogP contribution in [-0.2, 0) is 7.05 Å². The van der Waals surface area contributed by atoms with Gasteiger partial charge in [0.1, 0.15) is 0 Å². The lowest BCUT2D eigenvalue weighted by Gasteiger charge is -1.98. The Kier molecular flexibility index (Phi) is 3.93. The van der Waals surface area contributed by atoms with Gasteiger partial charge in [-0.05, 0) is 21.9 Å². The molecule has 0 spiro atoms. The Hall–Kier alpha value is -1.05. The number of hydrogen-bond donors (Lipinski definition) is 0. The van der Waals surface area contributed by atoms with Gasteiger partial charge in [-0.1, -0.05) is 11.8 Å². The lowest BCUT2D eigenvalue weighted by molar-refractivity contribution is 0.0751. The van der Waals surface area contributed by atoms with Crippen LogP contribution in [0.3, 0.4) is 0 Å². The zero-order valence-corrected chi connectivity index (χ0v) is 7.96. The maximum Gasteiger partial charge on any atom is 0.272 e. The summed E-state index contributed by atoms with van der Waals surface area (Å²) in [6.45, 7) is 0. The summed E-state index contributed by atoms with van der Waals surface area (Å²) >= 11 is 0.972. The fourth-order valence-electron chi connectivity index (χ4n) is 0.580. The fraction of sp³-hybridized carbons (Fsp3) is 0.500. The van der Waals surface area contributed by atoms with E-state index in [0.29, 0.717) is 5.16 Å². The standard InChI is InChI=1S/C6H7F3N4S/c1-13-6(10-11-12-13)14-3-2-4(7)5(8)9/h2-5H,1H3/b3-2+. The molecule has 8 heteroatoms. The quantitative estimate of drug-likeness (QED) is 0.725. The summed E-state index contributed by atoms with van der Waals surface area (Å²) in [5.41, 5.74) is 0. The minimum Gasteiger partial charge on any atom is -0.237 e. The van der Waals surface area contributed by atoms with Crippen molar-refractivity contribution in [1.82, 2.24) is 20.2 Å². The van der Waals surface area contributed by atoms with Crippen LogP contribution in [0.15, 0.2) is 16.6 Å². The molecule has 0 amide bonds. The lowest BCUT2D eigenvalue weighted by atomic mass is 10.4. The van der Waals surface area contributed by atoms with E-state index in [2.05, 4.69) is 15.5 Å². The highest BCUT2D eigenvalue weighted by atomic mass is 32.2. The van der Waals surface area contributed by atoms with Gasteiger partial charge in [-0.25, -0.2) is 17.9 Å². The van der Waals surface area contributed by atoms with Crippen LogP contribution in [0.5, 0.6) is 0 Å². The molecule has 0 N–H and O–H groups in total. The van der Waals surface area contributed by atoms with E-state index < -0.39 is 12.6 Å². The lowest BCUT2D eigenvalue weighted by Crippen LogP contribution is -2.07. The Morgan fingerprint density at radius 3 is 2.64 bits per heavy atom. The summed E-state index contributed by atoms with van der Waals surface area (Å²) in [5, 5.41) is 12.0. The van der Waals surface area contributed by atoms with Crippen LogP contribution in [0, 0.1) is 0 Å². The smallest absolute Gasteiger partial charge is 0.237 e. The van der Waals surface area contributed by atoms with E-state index in [-0.39, 0.29) is 0 Å². The number of thioether (sulfide) groups is 1. The summed E-state index contributed by atoms with van der Waals surface area (Å²) in [6, 6.07) is 0. The number of tetrazole rings is 1. The van der Waals surface area contributed by atoms with E-state index in [0.717, 1.165) is 17.8 Å². The summed E-state index contributed by atoms with van der Waals surface area (Å²) < 4.78 is 37.1. The molecule has 0 saturated heterocycles. The molecule has 14 heavy (non-hydrogen) atoms. The largest absolute Gasteiger partial charge is 0.272 e. The van der Waals surface area contributed by atoms with Gasteiger partial charge in [0.25, 0.3) is 6.43 Å². The topological polar surface area (TPSA) is 43.6 Å². The van der Waals surface area contributed by atoms with E-state index in [4.69, 9.17) is 0 Å². The first kappa shape index (κ1) is 11.0. The van der Waals surface area contributed by atoms with Gasteiger partial charge in [0.15, 0.2) is 6.17 Å². The highest BCUT2D eigenvalue weighted by Gasteiger charge is 2.14. The molecule has 1 aromatic heterocycles. The van der Waals surface area contributed by atoms with E-state index in [9.17, 15) is 13.2 Å². The van der Waals surface area contributed by atoms with Crippen LogP contribution >= 0.6 is 11.8 Å². The molecule has 0 saturated carbocycles. The van der Waals surface area contributed by atoms with Crippen molar-refractivity contribution in [2.75, 3.05) is 0 Å². The zero-order valence-electron chi connectivity index (χ0n) is 7.14. The predicted octanol–water partition coefficient (Wildman–Crippen LogP) is 1.42. The molecule has 78 valence electrons. The Bertz CT molecular complexity index is 314. The van der Waals surface area contributed by atoms with Crippen LogP contribution in [-0.4, -0.2) is 32.8 Å². The molecule has 0 radical (unpaired) electrons. The van der Waals surface area contributed by atoms with E-state index in [1.807, 2.05) is 0 Å². The van der Waals surface area contributed by atoms with Crippen molar-refractivity contribution in [3.63, 3.8) is 0 Å². The molecule has 0 aliphatic heterocycles. The maximum atomic E-state index is 12.3. The summed E-state index contributed by atoms with van der Waals surface area (Å²) in [7, 11) is 1.59. The van der Waals surface area contributed by atoms with Crippen molar-refractivity contribution in [2.24, 2.45) is 7.05 Å². The third-order valence-corrected chi connectivity index (χ3v) is 2.11. The molecule has 1 atom stereocenters. The van der Waals surface area contributed by atoms with Crippen LogP contribution < -0.4 is 0 Å². The number of halogens is 3. The average Bonchev–Trinajstić information content (AvgIpc) is 2.51. The van der Waals surface area contributed by atoms with Gasteiger partial charge in [-0.2, -0.15) is 0 Å². The van der Waals surface area contributed by atoms with Crippen molar-refractivity contribution >= 4 is 11.8 Å². The third kappa shape index (κ3) is 3.02. The summed E-state index contributed by atoms with van der Waals surface area (Å²) in [5.74, 6) is 0. The Labute approximate surface area is 82.2 Å². The van der Waals surface area contributed by atoms with Crippen molar-refractivity contribution in [2.45, 2.75) is 17.8 Å². The first-order valence-electron chi connectivity index (χ1n) is 3.59.